The number of hydrogen-bond acceptors (Lipinski definition) is 3. The highest BCUT2D eigenvalue weighted by Crippen LogP contribution is 2.25. The Hall–Kier alpha value is -0.670. The molecule has 4 heteroatoms. The largest absolute Gasteiger partial charge is 0.381 e. The molecule has 0 aromatic carbocycles. The monoisotopic (exact) mass is 240 g/mol. The molecule has 1 unspecified atom stereocenters. The van der Waals surface area contributed by atoms with Crippen molar-refractivity contribution in [3.8, 4) is 0 Å². The lowest BCUT2D eigenvalue weighted by molar-refractivity contribution is 0.0780. The van der Waals surface area contributed by atoms with Gasteiger partial charge in [0.2, 0.25) is 0 Å². The van der Waals surface area contributed by atoms with E-state index in [9.17, 15) is 0 Å². The maximum absolute atomic E-state index is 6.02. The molecular formula is C12H17ClN2O. The highest BCUT2D eigenvalue weighted by molar-refractivity contribution is 6.29. The third-order valence-electron chi connectivity index (χ3n) is 2.85. The average Bonchev–Trinajstić information content (AvgIpc) is 2.29. The minimum Gasteiger partial charge on any atom is -0.381 e. The number of hydrogen-bond donors (Lipinski definition) is 0. The number of aromatic nitrogens is 2. The van der Waals surface area contributed by atoms with Crippen LogP contribution < -0.4 is 0 Å². The van der Waals surface area contributed by atoms with Crippen LogP contribution in [0.15, 0.2) is 6.07 Å². The Labute approximate surface area is 101 Å². The molecule has 0 radical (unpaired) electrons. The second-order valence-electron chi connectivity index (χ2n) is 4.54. The summed E-state index contributed by atoms with van der Waals surface area (Å²) in [6.45, 7) is 5.80. The minimum atomic E-state index is 0.310. The summed E-state index contributed by atoms with van der Waals surface area (Å²) in [5.74, 6) is 1.53. The molecule has 0 bridgehead atoms. The standard InChI is InChI=1S/C12H17ClN2O/c1-8(2)10-6-11(13)15-12(14-10)9-4-3-5-16-7-9/h6,8-9H,3-5,7H2,1-2H3. The topological polar surface area (TPSA) is 35.0 Å². The van der Waals surface area contributed by atoms with E-state index in [1.165, 1.54) is 0 Å². The first-order valence-electron chi connectivity index (χ1n) is 5.79. The zero-order chi connectivity index (χ0) is 11.5. The first kappa shape index (κ1) is 11.8. The van der Waals surface area contributed by atoms with E-state index in [2.05, 4.69) is 23.8 Å². The summed E-state index contributed by atoms with van der Waals surface area (Å²) in [7, 11) is 0. The number of halogens is 1. The maximum atomic E-state index is 6.02. The Bertz CT molecular complexity index is 362. The normalized spacial score (nSPS) is 21.4. The van der Waals surface area contributed by atoms with Crippen LogP contribution in [0.2, 0.25) is 5.15 Å². The summed E-state index contributed by atoms with van der Waals surface area (Å²) >= 11 is 6.02. The van der Waals surface area contributed by atoms with Gasteiger partial charge in [0.15, 0.2) is 0 Å². The predicted octanol–water partition coefficient (Wildman–Crippen LogP) is 3.15. The van der Waals surface area contributed by atoms with Crippen molar-refractivity contribution in [2.45, 2.75) is 38.5 Å². The Morgan fingerprint density at radius 2 is 2.25 bits per heavy atom. The molecule has 2 heterocycles. The third kappa shape index (κ3) is 2.71. The quantitative estimate of drug-likeness (QED) is 0.745. The Morgan fingerprint density at radius 1 is 1.44 bits per heavy atom. The average molecular weight is 241 g/mol. The van der Waals surface area contributed by atoms with Crippen molar-refractivity contribution >= 4 is 11.6 Å². The molecule has 0 saturated carbocycles. The molecule has 0 aliphatic carbocycles. The van der Waals surface area contributed by atoms with Gasteiger partial charge in [0.1, 0.15) is 11.0 Å². The SMILES string of the molecule is CC(C)c1cc(Cl)nc(C2CCCOC2)n1. The van der Waals surface area contributed by atoms with Gasteiger partial charge in [-0.2, -0.15) is 0 Å². The molecule has 0 amide bonds. The smallest absolute Gasteiger partial charge is 0.135 e. The van der Waals surface area contributed by atoms with E-state index in [-0.39, 0.29) is 0 Å². The zero-order valence-corrected chi connectivity index (χ0v) is 10.5. The van der Waals surface area contributed by atoms with Gasteiger partial charge in [-0.05, 0) is 24.8 Å². The molecule has 1 fully saturated rings. The van der Waals surface area contributed by atoms with Gasteiger partial charge >= 0.3 is 0 Å². The molecule has 3 nitrogen and oxygen atoms in total. The molecule has 88 valence electrons. The molecule has 1 aromatic heterocycles. The fourth-order valence-electron chi connectivity index (χ4n) is 1.88. The molecule has 0 N–H and O–H groups in total. The molecule has 1 saturated heterocycles. The first-order valence-corrected chi connectivity index (χ1v) is 6.16. The van der Waals surface area contributed by atoms with Crippen LogP contribution in [0.4, 0.5) is 0 Å². The predicted molar refractivity (Wildman–Crippen MR) is 63.9 cm³/mol. The third-order valence-corrected chi connectivity index (χ3v) is 3.04. The van der Waals surface area contributed by atoms with Gasteiger partial charge in [-0.1, -0.05) is 25.4 Å². The van der Waals surface area contributed by atoms with Crippen molar-refractivity contribution in [1.82, 2.24) is 9.97 Å². The van der Waals surface area contributed by atoms with Crippen LogP contribution >= 0.6 is 11.6 Å². The van der Waals surface area contributed by atoms with E-state index < -0.39 is 0 Å². The van der Waals surface area contributed by atoms with Crippen molar-refractivity contribution in [3.63, 3.8) is 0 Å². The lowest BCUT2D eigenvalue weighted by atomic mass is 10.0. The van der Waals surface area contributed by atoms with Crippen molar-refractivity contribution in [3.05, 3.63) is 22.7 Å². The van der Waals surface area contributed by atoms with E-state index in [0.717, 1.165) is 37.6 Å². The van der Waals surface area contributed by atoms with Crippen molar-refractivity contribution in [1.29, 1.82) is 0 Å². The first-order chi connectivity index (χ1) is 7.66. The van der Waals surface area contributed by atoms with Crippen LogP contribution in [0.5, 0.6) is 0 Å². The van der Waals surface area contributed by atoms with Crippen LogP contribution in [0.3, 0.4) is 0 Å². The summed E-state index contributed by atoms with van der Waals surface area (Å²) in [6.07, 6.45) is 2.18. The second-order valence-corrected chi connectivity index (χ2v) is 4.93. The molecule has 16 heavy (non-hydrogen) atoms. The van der Waals surface area contributed by atoms with Gasteiger partial charge in [0.05, 0.1) is 6.61 Å². The van der Waals surface area contributed by atoms with Crippen molar-refractivity contribution in [2.75, 3.05) is 13.2 Å². The molecule has 0 spiro atoms. The van der Waals surface area contributed by atoms with Crippen molar-refractivity contribution in [2.24, 2.45) is 0 Å². The molecule has 2 rings (SSSR count). The fourth-order valence-corrected chi connectivity index (χ4v) is 2.07. The van der Waals surface area contributed by atoms with Gasteiger partial charge in [0.25, 0.3) is 0 Å². The van der Waals surface area contributed by atoms with E-state index in [1.54, 1.807) is 0 Å². The van der Waals surface area contributed by atoms with Crippen LogP contribution in [0.25, 0.3) is 0 Å². The van der Waals surface area contributed by atoms with Crippen LogP contribution in [-0.4, -0.2) is 23.2 Å². The van der Waals surface area contributed by atoms with E-state index in [4.69, 9.17) is 16.3 Å². The van der Waals surface area contributed by atoms with E-state index in [0.29, 0.717) is 17.0 Å². The fraction of sp³-hybridized carbons (Fsp3) is 0.667. The summed E-state index contributed by atoms with van der Waals surface area (Å²) in [6, 6.07) is 1.85. The van der Waals surface area contributed by atoms with Crippen molar-refractivity contribution < 1.29 is 4.74 Å². The molecule has 1 atom stereocenters. The summed E-state index contributed by atoms with van der Waals surface area (Å²) < 4.78 is 5.45. The van der Waals surface area contributed by atoms with Gasteiger partial charge in [-0.15, -0.1) is 0 Å². The molecule has 1 aliphatic heterocycles. The van der Waals surface area contributed by atoms with Gasteiger partial charge in [-0.25, -0.2) is 9.97 Å². The Kier molecular flexibility index (Phi) is 3.77. The highest BCUT2D eigenvalue weighted by Gasteiger charge is 2.20. The molecular weight excluding hydrogens is 224 g/mol. The van der Waals surface area contributed by atoms with E-state index in [1.807, 2.05) is 6.07 Å². The van der Waals surface area contributed by atoms with Crippen LogP contribution in [-0.2, 0) is 4.74 Å². The summed E-state index contributed by atoms with van der Waals surface area (Å²) in [4.78, 5) is 8.90. The maximum Gasteiger partial charge on any atom is 0.135 e. The Balaban J connectivity index is 2.25. The van der Waals surface area contributed by atoms with Gasteiger partial charge in [-0.3, -0.25) is 0 Å². The van der Waals surface area contributed by atoms with E-state index >= 15 is 0 Å². The number of rotatable bonds is 2. The molecule has 1 aliphatic rings. The summed E-state index contributed by atoms with van der Waals surface area (Å²) in [5.41, 5.74) is 1.01. The van der Waals surface area contributed by atoms with Gasteiger partial charge < -0.3 is 4.74 Å². The van der Waals surface area contributed by atoms with Crippen LogP contribution in [0.1, 0.15) is 50.0 Å². The second kappa shape index (κ2) is 5.11. The molecule has 1 aromatic rings. The number of nitrogens with zero attached hydrogens (tertiary/aromatic N) is 2. The summed E-state index contributed by atoms with van der Waals surface area (Å²) in [5, 5.41) is 0.541. The minimum absolute atomic E-state index is 0.310. The lowest BCUT2D eigenvalue weighted by Gasteiger charge is -2.21. The van der Waals surface area contributed by atoms with Crippen LogP contribution in [0, 0.1) is 0 Å². The highest BCUT2D eigenvalue weighted by atomic mass is 35.5. The van der Waals surface area contributed by atoms with Gasteiger partial charge in [0, 0.05) is 18.2 Å². The lowest BCUT2D eigenvalue weighted by Crippen LogP contribution is -2.18. The number of ether oxygens (including phenoxy) is 1. The Morgan fingerprint density at radius 3 is 2.88 bits per heavy atom. The zero-order valence-electron chi connectivity index (χ0n) is 9.74.